The highest BCUT2D eigenvalue weighted by Gasteiger charge is 2.18. The molecule has 0 aliphatic heterocycles. The van der Waals surface area contributed by atoms with Crippen LogP contribution in [0.25, 0.3) is 0 Å². The molecule has 1 aromatic heterocycles. The molecule has 24 heavy (non-hydrogen) atoms. The Morgan fingerprint density at radius 3 is 2.29 bits per heavy atom. The number of amides is 1. The molecule has 0 radical (unpaired) electrons. The van der Waals surface area contributed by atoms with Crippen molar-refractivity contribution in [3.63, 3.8) is 0 Å². The molecule has 5 heteroatoms. The van der Waals surface area contributed by atoms with Crippen molar-refractivity contribution < 1.29 is 9.59 Å². The first-order chi connectivity index (χ1) is 11.6. The molecule has 0 bridgehead atoms. The van der Waals surface area contributed by atoms with E-state index in [9.17, 15) is 9.59 Å². The van der Waals surface area contributed by atoms with E-state index in [1.807, 2.05) is 23.6 Å². The van der Waals surface area contributed by atoms with Crippen molar-refractivity contribution in [1.29, 1.82) is 0 Å². The first-order valence-corrected chi connectivity index (χ1v) is 8.61. The van der Waals surface area contributed by atoms with E-state index in [4.69, 9.17) is 11.6 Å². The molecule has 3 rings (SSSR count). The first kappa shape index (κ1) is 16.4. The van der Waals surface area contributed by atoms with Crippen molar-refractivity contribution >= 4 is 34.6 Å². The number of hydrogen-bond donors (Lipinski definition) is 1. The van der Waals surface area contributed by atoms with Crippen molar-refractivity contribution in [2.75, 3.05) is 0 Å². The maximum Gasteiger partial charge on any atom is 0.252 e. The van der Waals surface area contributed by atoms with Gasteiger partial charge in [-0.1, -0.05) is 48.0 Å². The average Bonchev–Trinajstić information content (AvgIpc) is 3.15. The Bertz CT molecular complexity index is 857. The third-order valence-corrected chi connectivity index (χ3v) is 4.65. The number of benzene rings is 2. The van der Waals surface area contributed by atoms with Crippen LogP contribution >= 0.6 is 22.9 Å². The van der Waals surface area contributed by atoms with Crippen LogP contribution in [-0.4, -0.2) is 11.7 Å². The molecule has 1 amide bonds. The Labute approximate surface area is 148 Å². The lowest BCUT2D eigenvalue weighted by atomic mass is 10.0. The second kappa shape index (κ2) is 7.43. The normalized spacial score (nSPS) is 10.4. The molecular formula is C19H14ClNO2S. The van der Waals surface area contributed by atoms with Gasteiger partial charge in [-0.3, -0.25) is 9.59 Å². The second-order valence-corrected chi connectivity index (χ2v) is 6.55. The molecule has 0 spiro atoms. The summed E-state index contributed by atoms with van der Waals surface area (Å²) in [5.41, 5.74) is 1.73. The summed E-state index contributed by atoms with van der Waals surface area (Å²) in [6.45, 7) is 0.373. The van der Waals surface area contributed by atoms with Crippen LogP contribution in [0.15, 0.2) is 66.0 Å². The van der Waals surface area contributed by atoms with Crippen molar-refractivity contribution in [1.82, 2.24) is 5.32 Å². The molecule has 0 saturated carbocycles. The lowest BCUT2D eigenvalue weighted by Gasteiger charge is -2.09. The zero-order valence-electron chi connectivity index (χ0n) is 12.7. The van der Waals surface area contributed by atoms with Crippen molar-refractivity contribution in [2.45, 2.75) is 6.54 Å². The summed E-state index contributed by atoms with van der Waals surface area (Å²) in [6, 6.07) is 17.7. The summed E-state index contributed by atoms with van der Waals surface area (Å²) in [6.07, 6.45) is 0. The van der Waals surface area contributed by atoms with Gasteiger partial charge < -0.3 is 5.32 Å². The molecule has 0 saturated heterocycles. The van der Waals surface area contributed by atoms with Crippen molar-refractivity contribution in [3.05, 3.63) is 92.6 Å². The maximum atomic E-state index is 12.6. The Kier molecular flexibility index (Phi) is 5.08. The third-order valence-electron chi connectivity index (χ3n) is 3.53. The van der Waals surface area contributed by atoms with Gasteiger partial charge in [0.15, 0.2) is 0 Å². The minimum atomic E-state index is -0.273. The van der Waals surface area contributed by atoms with E-state index in [0.717, 1.165) is 5.56 Å². The number of halogens is 1. The molecule has 3 aromatic rings. The Morgan fingerprint density at radius 1 is 0.917 bits per heavy atom. The highest BCUT2D eigenvalue weighted by molar-refractivity contribution is 7.12. The fourth-order valence-electron chi connectivity index (χ4n) is 2.30. The predicted molar refractivity (Wildman–Crippen MR) is 96.8 cm³/mol. The molecule has 3 nitrogen and oxygen atoms in total. The monoisotopic (exact) mass is 355 g/mol. The molecule has 1 heterocycles. The van der Waals surface area contributed by atoms with Crippen LogP contribution in [0, 0.1) is 0 Å². The standard InChI is InChI=1S/C19H14ClNO2S/c20-14-9-7-13(8-10-14)12-21-19(23)16-5-2-1-4-15(16)18(22)17-6-3-11-24-17/h1-11H,12H2,(H,21,23). The molecule has 0 unspecified atom stereocenters. The SMILES string of the molecule is O=C(NCc1ccc(Cl)cc1)c1ccccc1C(=O)c1cccs1. The van der Waals surface area contributed by atoms with Crippen LogP contribution in [0.1, 0.15) is 31.2 Å². The quantitative estimate of drug-likeness (QED) is 0.682. The number of ketones is 1. The van der Waals surface area contributed by atoms with E-state index in [0.29, 0.717) is 27.6 Å². The van der Waals surface area contributed by atoms with Gasteiger partial charge in [0.1, 0.15) is 0 Å². The molecule has 2 aromatic carbocycles. The largest absolute Gasteiger partial charge is 0.348 e. The van der Waals surface area contributed by atoms with Gasteiger partial charge >= 0.3 is 0 Å². The van der Waals surface area contributed by atoms with Crippen molar-refractivity contribution in [3.8, 4) is 0 Å². The van der Waals surface area contributed by atoms with E-state index in [2.05, 4.69) is 5.32 Å². The molecule has 1 N–H and O–H groups in total. The lowest BCUT2D eigenvalue weighted by Crippen LogP contribution is -2.25. The van der Waals surface area contributed by atoms with E-state index in [1.165, 1.54) is 11.3 Å². The Balaban J connectivity index is 1.77. The molecule has 120 valence electrons. The Morgan fingerprint density at radius 2 is 1.62 bits per heavy atom. The summed E-state index contributed by atoms with van der Waals surface area (Å²) in [5.74, 6) is -0.410. The van der Waals surface area contributed by atoms with Gasteiger partial charge in [0.25, 0.3) is 5.91 Å². The Hall–Kier alpha value is -2.43. The predicted octanol–water partition coefficient (Wildman–Crippen LogP) is 4.56. The summed E-state index contributed by atoms with van der Waals surface area (Å²) in [5, 5.41) is 5.34. The summed E-state index contributed by atoms with van der Waals surface area (Å²) >= 11 is 7.21. The van der Waals surface area contributed by atoms with Gasteiger partial charge in [-0.15, -0.1) is 11.3 Å². The molecule has 0 fully saturated rings. The number of rotatable bonds is 5. The topological polar surface area (TPSA) is 46.2 Å². The smallest absolute Gasteiger partial charge is 0.252 e. The van der Waals surface area contributed by atoms with Crippen LogP contribution in [0.3, 0.4) is 0 Å². The lowest BCUT2D eigenvalue weighted by molar-refractivity contribution is 0.0940. The number of hydrogen-bond acceptors (Lipinski definition) is 3. The minimum absolute atomic E-state index is 0.137. The van der Waals surface area contributed by atoms with Crippen LogP contribution in [0.4, 0.5) is 0 Å². The highest BCUT2D eigenvalue weighted by atomic mass is 35.5. The van der Waals surface area contributed by atoms with Gasteiger partial charge in [0.2, 0.25) is 5.78 Å². The number of nitrogens with one attached hydrogen (secondary N) is 1. The number of thiophene rings is 1. The van der Waals surface area contributed by atoms with Gasteiger partial charge in [0, 0.05) is 17.1 Å². The molecule has 0 aliphatic rings. The maximum absolute atomic E-state index is 12.6. The highest BCUT2D eigenvalue weighted by Crippen LogP contribution is 2.18. The summed E-state index contributed by atoms with van der Waals surface area (Å²) < 4.78 is 0. The van der Waals surface area contributed by atoms with Gasteiger partial charge in [0.05, 0.1) is 10.4 Å². The van der Waals surface area contributed by atoms with E-state index < -0.39 is 0 Å². The summed E-state index contributed by atoms with van der Waals surface area (Å²) in [7, 11) is 0. The van der Waals surface area contributed by atoms with E-state index in [1.54, 1.807) is 42.5 Å². The molecule has 0 atom stereocenters. The minimum Gasteiger partial charge on any atom is -0.348 e. The number of carbonyl (C=O) groups is 2. The van der Waals surface area contributed by atoms with Crippen LogP contribution in [-0.2, 0) is 6.54 Å². The van der Waals surface area contributed by atoms with Gasteiger partial charge in [-0.05, 0) is 35.2 Å². The van der Waals surface area contributed by atoms with E-state index in [-0.39, 0.29) is 11.7 Å². The van der Waals surface area contributed by atoms with Gasteiger partial charge in [-0.25, -0.2) is 0 Å². The fourth-order valence-corrected chi connectivity index (χ4v) is 3.10. The average molecular weight is 356 g/mol. The summed E-state index contributed by atoms with van der Waals surface area (Å²) in [4.78, 5) is 25.7. The van der Waals surface area contributed by atoms with Crippen LogP contribution in [0.2, 0.25) is 5.02 Å². The zero-order chi connectivity index (χ0) is 16.9. The van der Waals surface area contributed by atoms with Gasteiger partial charge in [-0.2, -0.15) is 0 Å². The third kappa shape index (κ3) is 3.72. The molecule has 0 aliphatic carbocycles. The molecular weight excluding hydrogens is 342 g/mol. The van der Waals surface area contributed by atoms with Crippen LogP contribution in [0.5, 0.6) is 0 Å². The van der Waals surface area contributed by atoms with E-state index >= 15 is 0 Å². The van der Waals surface area contributed by atoms with Crippen molar-refractivity contribution in [2.24, 2.45) is 0 Å². The van der Waals surface area contributed by atoms with Crippen LogP contribution < -0.4 is 5.32 Å². The second-order valence-electron chi connectivity index (χ2n) is 5.16. The fraction of sp³-hybridized carbons (Fsp3) is 0.0526. The number of carbonyl (C=O) groups excluding carboxylic acids is 2. The first-order valence-electron chi connectivity index (χ1n) is 7.35. The zero-order valence-corrected chi connectivity index (χ0v) is 14.2.